The summed E-state index contributed by atoms with van der Waals surface area (Å²) in [5.74, 6) is 1.58. The molecule has 0 bridgehead atoms. The van der Waals surface area contributed by atoms with Crippen molar-refractivity contribution in [2.45, 2.75) is 19.6 Å². The lowest BCUT2D eigenvalue weighted by molar-refractivity contribution is 0.138. The fraction of sp³-hybridized carbons (Fsp3) is 0.538. The molecule has 0 radical (unpaired) electrons. The zero-order valence-corrected chi connectivity index (χ0v) is 12.2. The maximum atomic E-state index is 9.36. The minimum absolute atomic E-state index is 0.328. The molecule has 1 heterocycles. The molecule has 0 saturated carbocycles. The number of rotatable bonds is 4. The summed E-state index contributed by atoms with van der Waals surface area (Å²) in [7, 11) is 1.98. The number of halogens is 1. The first-order chi connectivity index (χ1) is 8.56. The van der Waals surface area contributed by atoms with Gasteiger partial charge in [0.1, 0.15) is 13.2 Å². The molecule has 1 unspecified atom stereocenters. The molecule has 18 heavy (non-hydrogen) atoms. The van der Waals surface area contributed by atoms with Crippen molar-refractivity contribution in [1.29, 1.82) is 0 Å². The second-order valence-corrected chi connectivity index (χ2v) is 5.49. The van der Waals surface area contributed by atoms with Gasteiger partial charge >= 0.3 is 0 Å². The van der Waals surface area contributed by atoms with Crippen molar-refractivity contribution in [1.82, 2.24) is 4.90 Å². The van der Waals surface area contributed by atoms with E-state index in [1.807, 2.05) is 19.2 Å². The summed E-state index contributed by atoms with van der Waals surface area (Å²) in [5.41, 5.74) is 1.13. The predicted octanol–water partition coefficient (Wildman–Crippen LogP) is 2.03. The van der Waals surface area contributed by atoms with E-state index in [-0.39, 0.29) is 6.10 Å². The van der Waals surface area contributed by atoms with Crippen molar-refractivity contribution in [3.8, 4) is 11.5 Å². The third kappa shape index (κ3) is 3.37. The molecule has 1 aromatic carbocycles. The van der Waals surface area contributed by atoms with Crippen molar-refractivity contribution in [2.24, 2.45) is 0 Å². The molecule has 0 aromatic heterocycles. The summed E-state index contributed by atoms with van der Waals surface area (Å²) >= 11 is 3.55. The Kier molecular flexibility index (Phi) is 4.48. The average molecular weight is 316 g/mol. The summed E-state index contributed by atoms with van der Waals surface area (Å²) in [5, 5.41) is 9.36. The van der Waals surface area contributed by atoms with Crippen molar-refractivity contribution in [3.63, 3.8) is 0 Å². The molecule has 1 aromatic rings. The molecular formula is C13H18BrNO3. The quantitative estimate of drug-likeness (QED) is 0.923. The number of hydrogen-bond acceptors (Lipinski definition) is 4. The van der Waals surface area contributed by atoms with Crippen molar-refractivity contribution in [3.05, 3.63) is 22.2 Å². The normalized spacial score (nSPS) is 15.8. The van der Waals surface area contributed by atoms with Crippen molar-refractivity contribution in [2.75, 3.05) is 26.8 Å². The van der Waals surface area contributed by atoms with E-state index in [0.29, 0.717) is 19.8 Å². The van der Waals surface area contributed by atoms with Gasteiger partial charge in [-0.3, -0.25) is 4.90 Å². The summed E-state index contributed by atoms with van der Waals surface area (Å²) in [6.07, 6.45) is -0.328. The molecule has 5 heteroatoms. The van der Waals surface area contributed by atoms with E-state index in [0.717, 1.165) is 28.1 Å². The molecule has 0 fully saturated rings. The number of fused-ring (bicyclic) bond motifs is 1. The summed E-state index contributed by atoms with van der Waals surface area (Å²) < 4.78 is 12.1. The van der Waals surface area contributed by atoms with Gasteiger partial charge in [-0.25, -0.2) is 0 Å². The number of aliphatic hydroxyl groups is 1. The van der Waals surface area contributed by atoms with Gasteiger partial charge in [0.05, 0.1) is 6.10 Å². The SMILES string of the molecule is CC(O)CN(C)Cc1cc2c(cc1Br)OCCO2. The molecule has 1 aliphatic heterocycles. The van der Waals surface area contributed by atoms with Gasteiger partial charge in [0.25, 0.3) is 0 Å². The molecule has 1 aliphatic rings. The van der Waals surface area contributed by atoms with Gasteiger partial charge in [-0.15, -0.1) is 0 Å². The van der Waals surface area contributed by atoms with Gasteiger partial charge in [0, 0.05) is 17.6 Å². The van der Waals surface area contributed by atoms with Crippen LogP contribution in [0, 0.1) is 0 Å². The Morgan fingerprint density at radius 2 is 1.94 bits per heavy atom. The number of likely N-dealkylation sites (N-methyl/N-ethyl adjacent to an activating group) is 1. The average Bonchev–Trinajstić information content (AvgIpc) is 2.29. The smallest absolute Gasteiger partial charge is 0.162 e. The van der Waals surface area contributed by atoms with Crippen LogP contribution in [0.3, 0.4) is 0 Å². The highest BCUT2D eigenvalue weighted by Gasteiger charge is 2.15. The van der Waals surface area contributed by atoms with E-state index in [2.05, 4.69) is 20.8 Å². The monoisotopic (exact) mass is 315 g/mol. The van der Waals surface area contributed by atoms with Crippen LogP contribution in [0.4, 0.5) is 0 Å². The molecule has 1 atom stereocenters. The Morgan fingerprint density at radius 3 is 2.56 bits per heavy atom. The second kappa shape index (κ2) is 5.91. The molecule has 0 saturated heterocycles. The maximum absolute atomic E-state index is 9.36. The van der Waals surface area contributed by atoms with Crippen molar-refractivity contribution >= 4 is 15.9 Å². The Hall–Kier alpha value is -0.780. The second-order valence-electron chi connectivity index (χ2n) is 4.63. The minimum atomic E-state index is -0.328. The fourth-order valence-corrected chi connectivity index (χ4v) is 2.48. The number of ether oxygens (including phenoxy) is 2. The van der Waals surface area contributed by atoms with Gasteiger partial charge in [0.2, 0.25) is 0 Å². The van der Waals surface area contributed by atoms with Crippen LogP contribution < -0.4 is 9.47 Å². The van der Waals surface area contributed by atoms with Crippen LogP contribution in [0.25, 0.3) is 0 Å². The third-order valence-corrected chi connectivity index (χ3v) is 3.47. The standard InChI is InChI=1S/C13H18BrNO3/c1-9(16)7-15(2)8-10-5-12-13(6-11(10)14)18-4-3-17-12/h5-6,9,16H,3-4,7-8H2,1-2H3. The van der Waals surface area contributed by atoms with E-state index < -0.39 is 0 Å². The van der Waals surface area contributed by atoms with Crippen molar-refractivity contribution < 1.29 is 14.6 Å². The van der Waals surface area contributed by atoms with Gasteiger partial charge in [-0.05, 0) is 31.7 Å². The zero-order chi connectivity index (χ0) is 13.1. The van der Waals surface area contributed by atoms with Gasteiger partial charge in [-0.2, -0.15) is 0 Å². The molecular weight excluding hydrogens is 298 g/mol. The van der Waals surface area contributed by atoms with E-state index in [9.17, 15) is 5.11 Å². The molecule has 1 N–H and O–H groups in total. The highest BCUT2D eigenvalue weighted by molar-refractivity contribution is 9.10. The highest BCUT2D eigenvalue weighted by atomic mass is 79.9. The molecule has 100 valence electrons. The summed E-state index contributed by atoms with van der Waals surface area (Å²) in [6.45, 7) is 4.37. The fourth-order valence-electron chi connectivity index (χ4n) is 2.03. The summed E-state index contributed by atoms with van der Waals surface area (Å²) in [6, 6.07) is 3.94. The third-order valence-electron chi connectivity index (χ3n) is 2.73. The largest absolute Gasteiger partial charge is 0.486 e. The molecule has 2 rings (SSSR count). The Labute approximate surface area is 116 Å². The summed E-state index contributed by atoms with van der Waals surface area (Å²) in [4.78, 5) is 2.07. The van der Waals surface area contributed by atoms with E-state index in [1.165, 1.54) is 0 Å². The predicted molar refractivity (Wildman–Crippen MR) is 73.1 cm³/mol. The van der Waals surface area contributed by atoms with Crippen LogP contribution in [0.2, 0.25) is 0 Å². The van der Waals surface area contributed by atoms with E-state index in [1.54, 1.807) is 6.92 Å². The van der Waals surface area contributed by atoms with E-state index >= 15 is 0 Å². The molecule has 0 spiro atoms. The molecule has 0 aliphatic carbocycles. The van der Waals surface area contributed by atoms with Crippen LogP contribution in [-0.2, 0) is 6.54 Å². The van der Waals surface area contributed by atoms with Crippen LogP contribution in [-0.4, -0.2) is 42.9 Å². The lowest BCUT2D eigenvalue weighted by Gasteiger charge is -2.22. The van der Waals surface area contributed by atoms with Crippen LogP contribution in [0.5, 0.6) is 11.5 Å². The number of nitrogens with zero attached hydrogens (tertiary/aromatic N) is 1. The highest BCUT2D eigenvalue weighted by Crippen LogP contribution is 2.35. The van der Waals surface area contributed by atoms with Gasteiger partial charge in [-0.1, -0.05) is 15.9 Å². The lowest BCUT2D eigenvalue weighted by atomic mass is 10.1. The Balaban J connectivity index is 2.13. The number of hydrogen-bond donors (Lipinski definition) is 1. The minimum Gasteiger partial charge on any atom is -0.486 e. The van der Waals surface area contributed by atoms with Crippen LogP contribution >= 0.6 is 15.9 Å². The first-order valence-corrected chi connectivity index (χ1v) is 6.80. The van der Waals surface area contributed by atoms with Crippen LogP contribution in [0.1, 0.15) is 12.5 Å². The zero-order valence-electron chi connectivity index (χ0n) is 10.6. The van der Waals surface area contributed by atoms with Gasteiger partial charge in [0.15, 0.2) is 11.5 Å². The Morgan fingerprint density at radius 1 is 1.33 bits per heavy atom. The van der Waals surface area contributed by atoms with E-state index in [4.69, 9.17) is 9.47 Å². The molecule has 0 amide bonds. The Bertz CT molecular complexity index is 423. The first-order valence-electron chi connectivity index (χ1n) is 6.01. The van der Waals surface area contributed by atoms with Crippen LogP contribution in [0.15, 0.2) is 16.6 Å². The topological polar surface area (TPSA) is 41.9 Å². The molecule has 4 nitrogen and oxygen atoms in total. The maximum Gasteiger partial charge on any atom is 0.162 e. The van der Waals surface area contributed by atoms with Gasteiger partial charge < -0.3 is 14.6 Å². The lowest BCUT2D eigenvalue weighted by Crippen LogP contribution is -2.27. The number of benzene rings is 1. The number of aliphatic hydroxyl groups excluding tert-OH is 1. The first kappa shape index (κ1) is 13.6.